The number of aliphatic hydroxyl groups excluding tert-OH is 1. The van der Waals surface area contributed by atoms with Crippen LogP contribution in [0.25, 0.3) is 0 Å². The van der Waals surface area contributed by atoms with Crippen molar-refractivity contribution in [3.8, 4) is 0 Å². The minimum atomic E-state index is -4.54. The first-order valence-electron chi connectivity index (χ1n) is 10.8. The number of hydrogen-bond acceptors (Lipinski definition) is 4. The second-order valence-electron chi connectivity index (χ2n) is 10.2. The van der Waals surface area contributed by atoms with Crippen molar-refractivity contribution in [3.63, 3.8) is 0 Å². The molecule has 3 fully saturated rings. The molecule has 0 spiro atoms. The molecular weight excluding hydrogens is 379 g/mol. The lowest BCUT2D eigenvalue weighted by atomic mass is 9.45. The fraction of sp³-hybridized carbons (Fsp3) is 0.905. The monoisotopic (exact) mass is 414 g/mol. The summed E-state index contributed by atoms with van der Waals surface area (Å²) < 4.78 is 15.7. The molecule has 0 bridgehead atoms. The number of rotatable bonds is 4. The van der Waals surface area contributed by atoms with E-state index in [-0.39, 0.29) is 24.4 Å². The summed E-state index contributed by atoms with van der Waals surface area (Å²) in [5.74, 6) is 0.978. The molecule has 0 radical (unpaired) electrons. The predicted octanol–water partition coefficient (Wildman–Crippen LogP) is 3.54. The van der Waals surface area contributed by atoms with Crippen LogP contribution in [0.2, 0.25) is 0 Å². The maximum Gasteiger partial charge on any atom is 0.469 e. The number of allylic oxidation sites excluding steroid dienone is 2. The topological polar surface area (TPSA) is 107 Å². The smallest absolute Gasteiger partial charge is 0.393 e. The molecule has 0 aromatic heterocycles. The molecule has 0 heterocycles. The third kappa shape index (κ3) is 3.16. The zero-order chi connectivity index (χ0) is 20.4. The van der Waals surface area contributed by atoms with E-state index < -0.39 is 24.9 Å². The van der Waals surface area contributed by atoms with E-state index in [2.05, 4.69) is 24.4 Å². The van der Waals surface area contributed by atoms with E-state index in [1.54, 1.807) is 0 Å². The molecule has 7 atom stereocenters. The Balaban J connectivity index is 1.59. The summed E-state index contributed by atoms with van der Waals surface area (Å²) in [4.78, 5) is 17.9. The van der Waals surface area contributed by atoms with Gasteiger partial charge in [0.15, 0.2) is 0 Å². The molecule has 0 amide bonds. The second kappa shape index (κ2) is 6.90. The molecule has 7 heteroatoms. The molecule has 0 aromatic carbocycles. The van der Waals surface area contributed by atoms with Gasteiger partial charge in [-0.3, -0.25) is 4.52 Å². The Morgan fingerprint density at radius 3 is 2.71 bits per heavy atom. The predicted molar refractivity (Wildman–Crippen MR) is 105 cm³/mol. The van der Waals surface area contributed by atoms with Crippen LogP contribution in [-0.2, 0) is 9.09 Å². The van der Waals surface area contributed by atoms with Crippen LogP contribution < -0.4 is 0 Å². The van der Waals surface area contributed by atoms with Crippen molar-refractivity contribution < 1.29 is 29.1 Å². The van der Waals surface area contributed by atoms with E-state index in [0.29, 0.717) is 24.7 Å². The summed E-state index contributed by atoms with van der Waals surface area (Å²) >= 11 is 0. The van der Waals surface area contributed by atoms with Gasteiger partial charge in [-0.1, -0.05) is 25.5 Å². The van der Waals surface area contributed by atoms with E-state index in [0.717, 1.165) is 32.1 Å². The van der Waals surface area contributed by atoms with Gasteiger partial charge in [-0.05, 0) is 74.5 Å². The highest BCUT2D eigenvalue weighted by atomic mass is 31.2. The lowest BCUT2D eigenvalue weighted by Crippen LogP contribution is -2.59. The van der Waals surface area contributed by atoms with E-state index in [4.69, 9.17) is 9.79 Å². The number of phosphoric acid groups is 1. The normalized spacial score (nSPS) is 48.4. The van der Waals surface area contributed by atoms with Crippen LogP contribution in [0, 0.1) is 28.6 Å². The average Bonchev–Trinajstić information content (AvgIpc) is 2.84. The van der Waals surface area contributed by atoms with Gasteiger partial charge in [0.05, 0.1) is 18.3 Å². The van der Waals surface area contributed by atoms with Crippen LogP contribution in [0.15, 0.2) is 11.6 Å². The maximum absolute atomic E-state index is 11.5. The molecule has 0 aliphatic heterocycles. The van der Waals surface area contributed by atoms with E-state index in [1.807, 2.05) is 0 Å². The van der Waals surface area contributed by atoms with Crippen molar-refractivity contribution >= 4 is 7.82 Å². The molecule has 0 unspecified atom stereocenters. The van der Waals surface area contributed by atoms with Gasteiger partial charge < -0.3 is 20.0 Å². The summed E-state index contributed by atoms with van der Waals surface area (Å²) in [6.45, 7) is 4.25. The number of hydrogen-bond donors (Lipinski definition) is 4. The fourth-order valence-electron chi connectivity index (χ4n) is 7.72. The Kier molecular flexibility index (Phi) is 5.18. The van der Waals surface area contributed by atoms with Gasteiger partial charge in [0.1, 0.15) is 0 Å². The Morgan fingerprint density at radius 2 is 2.00 bits per heavy atom. The summed E-state index contributed by atoms with van der Waals surface area (Å²) in [6.07, 6.45) is 9.85. The van der Waals surface area contributed by atoms with Gasteiger partial charge in [-0.2, -0.15) is 0 Å². The van der Waals surface area contributed by atoms with Crippen LogP contribution in [0.5, 0.6) is 0 Å². The highest BCUT2D eigenvalue weighted by Crippen LogP contribution is 2.68. The Labute approximate surface area is 167 Å². The van der Waals surface area contributed by atoms with Crippen LogP contribution in [-0.4, -0.2) is 38.3 Å². The van der Waals surface area contributed by atoms with Crippen molar-refractivity contribution in [1.29, 1.82) is 0 Å². The summed E-state index contributed by atoms with van der Waals surface area (Å²) in [7, 11) is -4.54. The van der Waals surface area contributed by atoms with E-state index >= 15 is 0 Å². The molecule has 28 heavy (non-hydrogen) atoms. The summed E-state index contributed by atoms with van der Waals surface area (Å²) in [5.41, 5.74) is 0.109. The number of phosphoric ester groups is 1. The van der Waals surface area contributed by atoms with Crippen molar-refractivity contribution in [2.45, 2.75) is 83.3 Å². The molecule has 6 nitrogen and oxygen atoms in total. The minimum absolute atomic E-state index is 0.0755. The average molecular weight is 414 g/mol. The van der Waals surface area contributed by atoms with Gasteiger partial charge in [0.25, 0.3) is 0 Å². The van der Waals surface area contributed by atoms with Crippen LogP contribution >= 0.6 is 7.82 Å². The minimum Gasteiger partial charge on any atom is -0.393 e. The van der Waals surface area contributed by atoms with Crippen molar-refractivity contribution in [3.05, 3.63) is 11.6 Å². The molecule has 0 saturated heterocycles. The SMILES string of the molecule is C[C@]12CCCC=C1CC[C@@H]1[C@@H]2[C@@H](O)C[C@@]2(C)[C@H]1CC[C@]2(O)CCOP(=O)(O)O. The van der Waals surface area contributed by atoms with Crippen LogP contribution in [0.4, 0.5) is 0 Å². The van der Waals surface area contributed by atoms with E-state index in [9.17, 15) is 14.8 Å². The molecule has 3 saturated carbocycles. The Bertz CT molecular complexity index is 703. The fourth-order valence-corrected chi connectivity index (χ4v) is 8.05. The summed E-state index contributed by atoms with van der Waals surface area (Å²) in [6, 6.07) is 0. The third-order valence-electron chi connectivity index (χ3n) is 9.06. The number of fused-ring (bicyclic) bond motifs is 5. The summed E-state index contributed by atoms with van der Waals surface area (Å²) in [5, 5.41) is 22.8. The molecule has 4 N–H and O–H groups in total. The van der Waals surface area contributed by atoms with Crippen molar-refractivity contribution in [2.75, 3.05) is 6.61 Å². The Hall–Kier alpha value is -0.230. The zero-order valence-corrected chi connectivity index (χ0v) is 17.9. The van der Waals surface area contributed by atoms with E-state index in [1.165, 1.54) is 12.0 Å². The third-order valence-corrected chi connectivity index (χ3v) is 9.58. The van der Waals surface area contributed by atoms with Crippen LogP contribution in [0.3, 0.4) is 0 Å². The first-order valence-corrected chi connectivity index (χ1v) is 12.3. The van der Waals surface area contributed by atoms with Gasteiger partial charge >= 0.3 is 7.82 Å². The quantitative estimate of drug-likeness (QED) is 0.414. The lowest BCUT2D eigenvalue weighted by Gasteiger charge is -2.61. The lowest BCUT2D eigenvalue weighted by molar-refractivity contribution is -0.174. The zero-order valence-electron chi connectivity index (χ0n) is 17.0. The molecule has 160 valence electrons. The largest absolute Gasteiger partial charge is 0.469 e. The van der Waals surface area contributed by atoms with Crippen molar-refractivity contribution in [2.24, 2.45) is 28.6 Å². The van der Waals surface area contributed by atoms with Gasteiger partial charge in [-0.15, -0.1) is 0 Å². The molecule has 4 aliphatic rings. The Morgan fingerprint density at radius 1 is 1.25 bits per heavy atom. The van der Waals surface area contributed by atoms with Gasteiger partial charge in [-0.25, -0.2) is 4.57 Å². The van der Waals surface area contributed by atoms with Gasteiger partial charge in [0.2, 0.25) is 0 Å². The first-order chi connectivity index (χ1) is 13.0. The maximum atomic E-state index is 11.5. The first kappa shape index (κ1) is 21.0. The van der Waals surface area contributed by atoms with Crippen LogP contribution in [0.1, 0.15) is 71.6 Å². The molecule has 0 aromatic rings. The molecule has 4 rings (SSSR count). The second-order valence-corrected chi connectivity index (χ2v) is 11.4. The van der Waals surface area contributed by atoms with Gasteiger partial charge in [0, 0.05) is 11.8 Å². The molecule has 4 aliphatic carbocycles. The standard InChI is InChI=1S/C21H35O6P/c1-19-9-4-3-5-14(19)6-7-15-16-8-10-21(23,11-12-27-28(24,25)26)20(16,2)13-17(22)18(15)19/h5,15-18,22-23H,3-4,6-13H2,1-2H3,(H2,24,25,26)/t15-,16-,17-,18+,19-,20-,21-/m0/s1. The highest BCUT2D eigenvalue weighted by molar-refractivity contribution is 7.46. The highest BCUT2D eigenvalue weighted by Gasteiger charge is 2.65. The molecular formula is C21H35O6P. The number of aliphatic hydroxyl groups is 2. The van der Waals surface area contributed by atoms with Crippen molar-refractivity contribution in [1.82, 2.24) is 0 Å².